The van der Waals surface area contributed by atoms with Crippen LogP contribution < -0.4 is 5.32 Å². The fraction of sp³-hybridized carbons (Fsp3) is 0.559. The van der Waals surface area contributed by atoms with Crippen molar-refractivity contribution >= 4 is 56.7 Å². The third-order valence-corrected chi connectivity index (χ3v) is 11.4. The molecule has 54 heavy (non-hydrogen) atoms. The third kappa shape index (κ3) is 16.4. The van der Waals surface area contributed by atoms with Gasteiger partial charge in [-0.25, -0.2) is 13.4 Å². The van der Waals surface area contributed by atoms with E-state index >= 15 is 0 Å². The number of amides is 1. The highest BCUT2D eigenvalue weighted by atomic mass is 32.2. The van der Waals surface area contributed by atoms with Crippen molar-refractivity contribution in [2.24, 2.45) is 0 Å². The average molecular weight is 797 g/mol. The van der Waals surface area contributed by atoms with Crippen molar-refractivity contribution in [2.45, 2.75) is 48.8 Å². The molecule has 1 atom stereocenters. The standard InChI is InChI=1S/C34H48N6O12S2/c41-26(20-25-3-6-27(7-4-25)54(51,52)24-30-36-10-19-53-30)5-8-29(42)35-9-1-2-28(34(49)50)40-17-15-38(22-32(45)46)13-11-37(21-31(43)44)12-14-39(16-18-40)23-33(47)48/h3-4,6-7,10,19,28H,1-2,5,8-9,11-18,20-24H2,(H,35,42)(H,43,44)(H,45,46)(H,47,48)(H,49,50). The van der Waals surface area contributed by atoms with Crippen LogP contribution in [0.3, 0.4) is 0 Å². The maximum Gasteiger partial charge on any atom is 0.320 e. The number of aromatic nitrogens is 1. The summed E-state index contributed by atoms with van der Waals surface area (Å²) in [6.07, 6.45) is 1.81. The number of benzene rings is 1. The molecule has 1 aromatic heterocycles. The summed E-state index contributed by atoms with van der Waals surface area (Å²) < 4.78 is 25.3. The minimum Gasteiger partial charge on any atom is -0.480 e. The molecular formula is C34H48N6O12S2. The minimum absolute atomic E-state index is 0.0184. The molecule has 0 radical (unpaired) electrons. The Hall–Kier alpha value is -4.34. The fourth-order valence-electron chi connectivity index (χ4n) is 5.94. The highest BCUT2D eigenvalue weighted by Crippen LogP contribution is 2.19. The fourth-order valence-corrected chi connectivity index (χ4v) is 8.20. The lowest BCUT2D eigenvalue weighted by molar-refractivity contribution is -0.145. The molecule has 0 spiro atoms. The van der Waals surface area contributed by atoms with Gasteiger partial charge in [0, 0.05) is 89.7 Å². The lowest BCUT2D eigenvalue weighted by Crippen LogP contribution is -2.51. The van der Waals surface area contributed by atoms with E-state index in [1.807, 2.05) is 0 Å². The topological polar surface area (TPSA) is 255 Å². The Kier molecular flexibility index (Phi) is 18.1. The molecule has 298 valence electrons. The van der Waals surface area contributed by atoms with Crippen LogP contribution in [-0.4, -0.2) is 174 Å². The number of Topliss-reactive ketones (excluding diaryl/α,β-unsaturated/α-hetero) is 1. The van der Waals surface area contributed by atoms with Crippen molar-refractivity contribution in [3.05, 3.63) is 46.4 Å². The molecule has 2 heterocycles. The first-order valence-corrected chi connectivity index (χ1v) is 19.9. The maximum atomic E-state index is 12.6. The van der Waals surface area contributed by atoms with E-state index in [-0.39, 0.29) is 127 Å². The summed E-state index contributed by atoms with van der Waals surface area (Å²) in [5.74, 6) is -5.22. The van der Waals surface area contributed by atoms with E-state index in [9.17, 15) is 57.6 Å². The average Bonchev–Trinajstić information content (AvgIpc) is 3.59. The maximum absolute atomic E-state index is 12.6. The smallest absolute Gasteiger partial charge is 0.320 e. The Morgan fingerprint density at radius 1 is 0.759 bits per heavy atom. The number of rotatable bonds is 20. The van der Waals surface area contributed by atoms with Gasteiger partial charge in [0.2, 0.25) is 5.91 Å². The Balaban J connectivity index is 1.51. The van der Waals surface area contributed by atoms with Gasteiger partial charge in [0.25, 0.3) is 0 Å². The van der Waals surface area contributed by atoms with Gasteiger partial charge < -0.3 is 25.7 Å². The van der Waals surface area contributed by atoms with Crippen molar-refractivity contribution in [3.63, 3.8) is 0 Å². The molecule has 3 rings (SSSR count). The molecule has 2 aromatic rings. The van der Waals surface area contributed by atoms with Gasteiger partial charge in [0.1, 0.15) is 22.6 Å². The number of carboxylic acid groups (broad SMARTS) is 4. The molecule has 20 heteroatoms. The number of sulfone groups is 1. The zero-order chi connectivity index (χ0) is 39.7. The number of thiazole rings is 1. The molecule has 1 aliphatic heterocycles. The van der Waals surface area contributed by atoms with E-state index < -0.39 is 45.7 Å². The van der Waals surface area contributed by atoms with E-state index in [1.165, 1.54) is 29.7 Å². The van der Waals surface area contributed by atoms with Crippen molar-refractivity contribution in [1.82, 2.24) is 29.9 Å². The number of nitrogens with one attached hydrogen (secondary N) is 1. The second kappa shape index (κ2) is 22.1. The molecular weight excluding hydrogens is 749 g/mol. The van der Waals surface area contributed by atoms with Gasteiger partial charge in [-0.2, -0.15) is 0 Å². The van der Waals surface area contributed by atoms with Gasteiger partial charge in [0.05, 0.1) is 24.5 Å². The van der Waals surface area contributed by atoms with Crippen LogP contribution in [0.5, 0.6) is 0 Å². The molecule has 1 fully saturated rings. The first-order chi connectivity index (χ1) is 25.6. The van der Waals surface area contributed by atoms with Crippen molar-refractivity contribution in [2.75, 3.05) is 78.5 Å². The van der Waals surface area contributed by atoms with Crippen LogP contribution in [0.4, 0.5) is 0 Å². The van der Waals surface area contributed by atoms with Crippen molar-refractivity contribution < 1.29 is 57.6 Å². The van der Waals surface area contributed by atoms with Crippen LogP contribution in [0.25, 0.3) is 0 Å². The quantitative estimate of drug-likeness (QED) is 0.109. The van der Waals surface area contributed by atoms with E-state index in [2.05, 4.69) is 10.3 Å². The van der Waals surface area contributed by atoms with Gasteiger partial charge in [-0.15, -0.1) is 11.3 Å². The Labute approximate surface area is 317 Å². The first kappa shape index (κ1) is 44.1. The third-order valence-electron chi connectivity index (χ3n) is 8.76. The molecule has 5 N–H and O–H groups in total. The zero-order valence-corrected chi connectivity index (χ0v) is 31.5. The molecule has 1 aromatic carbocycles. The summed E-state index contributed by atoms with van der Waals surface area (Å²) in [4.78, 5) is 82.6. The number of ketones is 1. The number of hydrogen-bond acceptors (Lipinski definition) is 14. The van der Waals surface area contributed by atoms with Gasteiger partial charge in [-0.05, 0) is 30.5 Å². The number of hydrogen-bond donors (Lipinski definition) is 5. The Morgan fingerprint density at radius 2 is 1.28 bits per heavy atom. The molecule has 1 saturated heterocycles. The second-order valence-electron chi connectivity index (χ2n) is 12.9. The van der Waals surface area contributed by atoms with Crippen LogP contribution in [0.2, 0.25) is 0 Å². The summed E-state index contributed by atoms with van der Waals surface area (Å²) in [5.41, 5.74) is 0.604. The van der Waals surface area contributed by atoms with Crippen LogP contribution in [-0.2, 0) is 50.8 Å². The van der Waals surface area contributed by atoms with Crippen LogP contribution >= 0.6 is 11.3 Å². The number of carbonyl (C=O) groups is 6. The molecule has 1 aliphatic rings. The predicted octanol–water partition coefficient (Wildman–Crippen LogP) is -0.166. The van der Waals surface area contributed by atoms with Crippen molar-refractivity contribution in [3.8, 4) is 0 Å². The molecule has 0 bridgehead atoms. The van der Waals surface area contributed by atoms with Crippen LogP contribution in [0.15, 0.2) is 40.7 Å². The van der Waals surface area contributed by atoms with Gasteiger partial charge in [-0.1, -0.05) is 12.1 Å². The van der Waals surface area contributed by atoms with Crippen LogP contribution in [0.1, 0.15) is 36.3 Å². The molecule has 1 amide bonds. The van der Waals surface area contributed by atoms with E-state index in [1.54, 1.807) is 37.1 Å². The van der Waals surface area contributed by atoms with Gasteiger partial charge in [0.15, 0.2) is 9.84 Å². The first-order valence-electron chi connectivity index (χ1n) is 17.4. The molecule has 18 nitrogen and oxygen atoms in total. The summed E-state index contributed by atoms with van der Waals surface area (Å²) in [5, 5.41) is 43.3. The van der Waals surface area contributed by atoms with Gasteiger partial charge in [-0.3, -0.25) is 48.4 Å². The number of aliphatic carboxylic acids is 4. The van der Waals surface area contributed by atoms with Crippen LogP contribution in [0, 0.1) is 0 Å². The van der Waals surface area contributed by atoms with Crippen molar-refractivity contribution in [1.29, 1.82) is 0 Å². The number of carboxylic acids is 4. The van der Waals surface area contributed by atoms with Gasteiger partial charge >= 0.3 is 23.9 Å². The summed E-state index contributed by atoms with van der Waals surface area (Å²) in [6.45, 7) is 0.591. The number of carbonyl (C=O) groups excluding carboxylic acids is 2. The Bertz CT molecular complexity index is 1640. The molecule has 0 aliphatic carbocycles. The summed E-state index contributed by atoms with van der Waals surface area (Å²) >= 11 is 1.25. The zero-order valence-electron chi connectivity index (χ0n) is 29.9. The predicted molar refractivity (Wildman–Crippen MR) is 195 cm³/mol. The lowest BCUT2D eigenvalue weighted by atomic mass is 10.1. The Morgan fingerprint density at radius 3 is 1.74 bits per heavy atom. The van der Waals surface area contributed by atoms with E-state index in [0.29, 0.717) is 10.6 Å². The highest BCUT2D eigenvalue weighted by Gasteiger charge is 2.28. The second-order valence-corrected chi connectivity index (χ2v) is 15.9. The number of nitrogens with zero attached hydrogens (tertiary/aromatic N) is 5. The lowest BCUT2D eigenvalue weighted by Gasteiger charge is -2.35. The minimum atomic E-state index is -3.59. The summed E-state index contributed by atoms with van der Waals surface area (Å²) in [6, 6.07) is 4.98. The van der Waals surface area contributed by atoms with E-state index in [0.717, 1.165) is 0 Å². The molecule has 1 unspecified atom stereocenters. The van der Waals surface area contributed by atoms with E-state index in [4.69, 9.17) is 0 Å². The highest BCUT2D eigenvalue weighted by molar-refractivity contribution is 7.90. The monoisotopic (exact) mass is 796 g/mol. The molecule has 0 saturated carbocycles. The largest absolute Gasteiger partial charge is 0.480 e. The normalized spacial score (nSPS) is 16.4. The SMILES string of the molecule is O=C(O)CN1CCN(CC(=O)O)CCN(C(CCCNC(=O)CCC(=O)Cc2ccc(S(=O)(=O)Cc3nccs3)cc2)C(=O)O)CCN(CC(=O)O)CC1. The summed E-state index contributed by atoms with van der Waals surface area (Å²) in [7, 11) is -3.59.